The highest BCUT2D eigenvalue weighted by Gasteiger charge is 2.16. The second-order valence-electron chi connectivity index (χ2n) is 4.81. The van der Waals surface area contributed by atoms with Crippen LogP contribution in [0, 0.1) is 0 Å². The summed E-state index contributed by atoms with van der Waals surface area (Å²) in [6, 6.07) is 0. The Morgan fingerprint density at radius 3 is 3.10 bits per heavy atom. The summed E-state index contributed by atoms with van der Waals surface area (Å²) >= 11 is 6.16. The van der Waals surface area contributed by atoms with Crippen LogP contribution in [0.3, 0.4) is 0 Å². The van der Waals surface area contributed by atoms with Crippen LogP contribution in [0.4, 0.5) is 0 Å². The van der Waals surface area contributed by atoms with E-state index in [-0.39, 0.29) is 5.91 Å². The number of nitrogens with one attached hydrogen (secondary N) is 1. The van der Waals surface area contributed by atoms with Gasteiger partial charge in [-0.1, -0.05) is 11.6 Å². The normalized spacial score (nSPS) is 17.2. The van der Waals surface area contributed by atoms with Gasteiger partial charge in [0.2, 0.25) is 5.91 Å². The molecule has 0 atom stereocenters. The van der Waals surface area contributed by atoms with E-state index < -0.39 is 0 Å². The molecule has 3 rings (SSSR count). The molecule has 0 radical (unpaired) electrons. The molecule has 2 aromatic heterocycles. The van der Waals surface area contributed by atoms with Gasteiger partial charge < -0.3 is 5.32 Å². The minimum Gasteiger partial charge on any atom is -0.355 e. The van der Waals surface area contributed by atoms with E-state index in [9.17, 15) is 4.79 Å². The lowest BCUT2D eigenvalue weighted by atomic mass is 10.3. The van der Waals surface area contributed by atoms with Crippen molar-refractivity contribution in [3.05, 3.63) is 17.2 Å². The molecule has 2 aromatic rings. The number of aryl methyl sites for hydroxylation is 1. The number of rotatable bonds is 2. The fourth-order valence-electron chi connectivity index (χ4n) is 2.27. The van der Waals surface area contributed by atoms with E-state index in [2.05, 4.69) is 25.3 Å². The average Bonchev–Trinajstić information content (AvgIpc) is 2.65. The molecule has 1 fully saturated rings. The van der Waals surface area contributed by atoms with E-state index in [4.69, 9.17) is 11.6 Å². The van der Waals surface area contributed by atoms with Gasteiger partial charge in [0, 0.05) is 33.1 Å². The second-order valence-corrected chi connectivity index (χ2v) is 5.17. The third-order valence-electron chi connectivity index (χ3n) is 3.36. The predicted molar refractivity (Wildman–Crippen MR) is 74.2 cm³/mol. The maximum atomic E-state index is 11.3. The number of hydrogen-bond donors (Lipinski definition) is 1. The number of fused-ring (bicyclic) bond motifs is 1. The van der Waals surface area contributed by atoms with Gasteiger partial charge in [0.25, 0.3) is 0 Å². The number of aromatic nitrogens is 4. The maximum absolute atomic E-state index is 11.3. The number of hydrogen-bond acceptors (Lipinski definition) is 5. The first kappa shape index (κ1) is 13.3. The van der Waals surface area contributed by atoms with Crippen molar-refractivity contribution in [2.75, 3.05) is 19.6 Å². The van der Waals surface area contributed by atoms with Gasteiger partial charge in [-0.25, -0.2) is 9.97 Å². The van der Waals surface area contributed by atoms with E-state index in [0.717, 1.165) is 17.6 Å². The largest absolute Gasteiger partial charge is 0.355 e. The molecule has 8 heteroatoms. The summed E-state index contributed by atoms with van der Waals surface area (Å²) < 4.78 is 1.68. The van der Waals surface area contributed by atoms with Crippen molar-refractivity contribution in [1.82, 2.24) is 30.0 Å². The monoisotopic (exact) mass is 294 g/mol. The molecule has 1 aliphatic rings. The zero-order chi connectivity index (χ0) is 14.1. The Morgan fingerprint density at radius 1 is 1.40 bits per heavy atom. The summed E-state index contributed by atoms with van der Waals surface area (Å²) in [6.45, 7) is 2.72. The summed E-state index contributed by atoms with van der Waals surface area (Å²) in [6.07, 6.45) is 2.16. The molecular formula is C12H15ClN6O. The predicted octanol–water partition coefficient (Wildman–Crippen LogP) is 0.339. The number of carbonyl (C=O) groups is 1. The summed E-state index contributed by atoms with van der Waals surface area (Å²) in [5.41, 5.74) is 0.726. The van der Waals surface area contributed by atoms with E-state index in [1.807, 2.05) is 7.05 Å². The quantitative estimate of drug-likeness (QED) is 0.808. The van der Waals surface area contributed by atoms with Crippen molar-refractivity contribution in [3.63, 3.8) is 0 Å². The summed E-state index contributed by atoms with van der Waals surface area (Å²) in [4.78, 5) is 22.3. The topological polar surface area (TPSA) is 75.9 Å². The molecule has 0 aliphatic carbocycles. The van der Waals surface area contributed by atoms with Crippen molar-refractivity contribution < 1.29 is 4.79 Å². The summed E-state index contributed by atoms with van der Waals surface area (Å²) in [5.74, 6) is 0.744. The Morgan fingerprint density at radius 2 is 2.25 bits per heavy atom. The molecule has 1 N–H and O–H groups in total. The van der Waals surface area contributed by atoms with Crippen LogP contribution in [0.5, 0.6) is 0 Å². The molecule has 1 aliphatic heterocycles. The Balaban J connectivity index is 1.83. The maximum Gasteiger partial charge on any atom is 0.221 e. The van der Waals surface area contributed by atoms with Crippen LogP contribution in [0.1, 0.15) is 12.2 Å². The number of nitrogens with zero attached hydrogens (tertiary/aromatic N) is 5. The molecular weight excluding hydrogens is 280 g/mol. The molecule has 20 heavy (non-hydrogen) atoms. The molecule has 0 unspecified atom stereocenters. The van der Waals surface area contributed by atoms with Crippen molar-refractivity contribution in [3.8, 4) is 0 Å². The van der Waals surface area contributed by atoms with Gasteiger partial charge in [0.15, 0.2) is 5.65 Å². The number of carbonyl (C=O) groups excluding carboxylic acids is 1. The molecule has 0 spiro atoms. The van der Waals surface area contributed by atoms with Gasteiger partial charge in [-0.05, 0) is 0 Å². The molecule has 0 saturated carbocycles. The van der Waals surface area contributed by atoms with Crippen molar-refractivity contribution in [2.24, 2.45) is 7.05 Å². The molecule has 7 nitrogen and oxygen atoms in total. The standard InChI is InChI=1S/C12H15ClN6O/c1-18-12-8(6-15-18)11(13)16-9(17-12)7-19-4-2-10(20)14-3-5-19/h6H,2-5,7H2,1H3,(H,14,20). The summed E-state index contributed by atoms with van der Waals surface area (Å²) in [7, 11) is 1.82. The van der Waals surface area contributed by atoms with Crippen LogP contribution in [0.2, 0.25) is 5.15 Å². The Kier molecular flexibility index (Phi) is 3.54. The zero-order valence-electron chi connectivity index (χ0n) is 11.1. The summed E-state index contributed by atoms with van der Waals surface area (Å²) in [5, 5.41) is 8.15. The van der Waals surface area contributed by atoms with Gasteiger partial charge in [0.05, 0.1) is 18.1 Å². The lowest BCUT2D eigenvalue weighted by Gasteiger charge is -2.17. The third-order valence-corrected chi connectivity index (χ3v) is 3.65. The van der Waals surface area contributed by atoms with Crippen molar-refractivity contribution in [1.29, 1.82) is 0 Å². The van der Waals surface area contributed by atoms with Gasteiger partial charge in [-0.3, -0.25) is 14.4 Å². The van der Waals surface area contributed by atoms with Crippen LogP contribution >= 0.6 is 11.6 Å². The minimum absolute atomic E-state index is 0.0912. The highest BCUT2D eigenvalue weighted by atomic mass is 35.5. The first-order valence-electron chi connectivity index (χ1n) is 6.46. The smallest absolute Gasteiger partial charge is 0.221 e. The van der Waals surface area contributed by atoms with Crippen LogP contribution in [0.15, 0.2) is 6.20 Å². The van der Waals surface area contributed by atoms with Crippen LogP contribution in [-0.2, 0) is 18.4 Å². The lowest BCUT2D eigenvalue weighted by molar-refractivity contribution is -0.120. The minimum atomic E-state index is 0.0912. The van der Waals surface area contributed by atoms with E-state index >= 15 is 0 Å². The molecule has 1 saturated heterocycles. The fraction of sp³-hybridized carbons (Fsp3) is 0.500. The first-order chi connectivity index (χ1) is 9.63. The van der Waals surface area contributed by atoms with Crippen molar-refractivity contribution in [2.45, 2.75) is 13.0 Å². The number of halogens is 1. The third kappa shape index (κ3) is 2.59. The molecule has 106 valence electrons. The van der Waals surface area contributed by atoms with Crippen LogP contribution in [-0.4, -0.2) is 50.2 Å². The Labute approximate surface area is 120 Å². The number of amides is 1. The molecule has 1 amide bonds. The Bertz CT molecular complexity index is 655. The molecule has 0 aromatic carbocycles. The van der Waals surface area contributed by atoms with Crippen LogP contribution < -0.4 is 5.32 Å². The molecule has 0 bridgehead atoms. The van der Waals surface area contributed by atoms with E-state index in [1.165, 1.54) is 0 Å². The van der Waals surface area contributed by atoms with E-state index in [0.29, 0.717) is 37.0 Å². The van der Waals surface area contributed by atoms with Crippen LogP contribution in [0.25, 0.3) is 11.0 Å². The van der Waals surface area contributed by atoms with E-state index in [1.54, 1.807) is 10.9 Å². The lowest BCUT2D eigenvalue weighted by Crippen LogP contribution is -2.29. The second kappa shape index (κ2) is 5.34. The first-order valence-corrected chi connectivity index (χ1v) is 6.84. The fourth-order valence-corrected chi connectivity index (χ4v) is 2.50. The van der Waals surface area contributed by atoms with Crippen molar-refractivity contribution >= 4 is 28.5 Å². The molecule has 3 heterocycles. The highest BCUT2D eigenvalue weighted by Crippen LogP contribution is 2.19. The van der Waals surface area contributed by atoms with Gasteiger partial charge in [0.1, 0.15) is 11.0 Å². The average molecular weight is 295 g/mol. The SMILES string of the molecule is Cn1ncc2c(Cl)nc(CN3CCNC(=O)CC3)nc21. The van der Waals surface area contributed by atoms with Gasteiger partial charge in [-0.2, -0.15) is 5.10 Å². The Hall–Kier alpha value is -1.73. The van der Waals surface area contributed by atoms with Gasteiger partial charge in [-0.15, -0.1) is 0 Å². The highest BCUT2D eigenvalue weighted by molar-refractivity contribution is 6.33. The van der Waals surface area contributed by atoms with Gasteiger partial charge >= 0.3 is 0 Å². The zero-order valence-corrected chi connectivity index (χ0v) is 11.9.